The number of rotatable bonds is 8. The van der Waals surface area contributed by atoms with E-state index >= 15 is 0 Å². The lowest BCUT2D eigenvalue weighted by molar-refractivity contribution is -0.136. The summed E-state index contributed by atoms with van der Waals surface area (Å²) in [4.78, 5) is 13.8. The Bertz CT molecular complexity index is 1230. The number of hydrogen-bond donors (Lipinski definition) is 2. The normalized spacial score (nSPS) is 17.1. The zero-order chi connectivity index (χ0) is 25.7. The van der Waals surface area contributed by atoms with Gasteiger partial charge in [0.1, 0.15) is 12.4 Å². The molecule has 0 unspecified atom stereocenters. The van der Waals surface area contributed by atoms with E-state index in [2.05, 4.69) is 47.4 Å². The van der Waals surface area contributed by atoms with Crippen molar-refractivity contribution in [3.05, 3.63) is 83.4 Å². The molecule has 0 bridgehead atoms. The standard InChI is InChI=1S/C31H36N2O4/c32-21-23-4-3-6-25(16-23)27-17-24(22-37-29-7-2-1-5-26(29)20-30(34)35)18-28(19-27)33-12-8-31(9-13-33)10-14-36-15-11-31/h1-7,16-19H,8-15,20-22,32H2,(H,34,35). The summed E-state index contributed by atoms with van der Waals surface area (Å²) in [6, 6.07) is 22.4. The number of hydrogen-bond acceptors (Lipinski definition) is 5. The summed E-state index contributed by atoms with van der Waals surface area (Å²) in [5, 5.41) is 9.28. The lowest BCUT2D eigenvalue weighted by Crippen LogP contribution is -2.43. The number of nitrogens with two attached hydrogens (primary N) is 1. The molecule has 3 N–H and O–H groups in total. The SMILES string of the molecule is NCc1cccc(-c2cc(COc3ccccc3CC(=O)O)cc(N3CCC4(CCOCC4)CC3)c2)c1. The van der Waals surface area contributed by atoms with Crippen molar-refractivity contribution in [3.63, 3.8) is 0 Å². The molecule has 0 radical (unpaired) electrons. The van der Waals surface area contributed by atoms with Gasteiger partial charge in [-0.3, -0.25) is 4.79 Å². The summed E-state index contributed by atoms with van der Waals surface area (Å²) in [5.41, 5.74) is 12.7. The zero-order valence-electron chi connectivity index (χ0n) is 21.3. The van der Waals surface area contributed by atoms with Crippen LogP contribution in [0.3, 0.4) is 0 Å². The highest BCUT2D eigenvalue weighted by atomic mass is 16.5. The lowest BCUT2D eigenvalue weighted by atomic mass is 9.72. The van der Waals surface area contributed by atoms with Crippen molar-refractivity contribution in [3.8, 4) is 16.9 Å². The molecular formula is C31H36N2O4. The van der Waals surface area contributed by atoms with Crippen LogP contribution in [0.15, 0.2) is 66.7 Å². The Balaban J connectivity index is 1.41. The van der Waals surface area contributed by atoms with Crippen LogP contribution < -0.4 is 15.4 Å². The summed E-state index contributed by atoms with van der Waals surface area (Å²) in [7, 11) is 0. The van der Waals surface area contributed by atoms with Crippen molar-refractivity contribution in [1.29, 1.82) is 0 Å². The van der Waals surface area contributed by atoms with E-state index < -0.39 is 5.97 Å². The maximum Gasteiger partial charge on any atom is 0.307 e. The lowest BCUT2D eigenvalue weighted by Gasteiger charge is -2.45. The van der Waals surface area contributed by atoms with Gasteiger partial charge in [0.05, 0.1) is 6.42 Å². The fourth-order valence-corrected chi connectivity index (χ4v) is 5.64. The van der Waals surface area contributed by atoms with Crippen LogP contribution in [0.1, 0.15) is 42.4 Å². The van der Waals surface area contributed by atoms with E-state index in [1.807, 2.05) is 24.3 Å². The van der Waals surface area contributed by atoms with Gasteiger partial charge in [-0.1, -0.05) is 36.4 Å². The third kappa shape index (κ3) is 6.14. The Labute approximate surface area is 219 Å². The van der Waals surface area contributed by atoms with E-state index in [9.17, 15) is 9.90 Å². The van der Waals surface area contributed by atoms with Gasteiger partial charge in [-0.25, -0.2) is 0 Å². The smallest absolute Gasteiger partial charge is 0.307 e. The molecule has 3 aromatic rings. The summed E-state index contributed by atoms with van der Waals surface area (Å²) < 4.78 is 11.8. The highest BCUT2D eigenvalue weighted by Gasteiger charge is 2.36. The van der Waals surface area contributed by atoms with Crippen LogP contribution in [0.4, 0.5) is 5.69 Å². The molecule has 2 saturated heterocycles. The van der Waals surface area contributed by atoms with Crippen molar-refractivity contribution in [2.45, 2.75) is 45.3 Å². The third-order valence-electron chi connectivity index (χ3n) is 7.92. The number of aliphatic carboxylic acids is 1. The molecule has 194 valence electrons. The molecule has 0 aromatic heterocycles. The first kappa shape index (κ1) is 25.3. The van der Waals surface area contributed by atoms with E-state index in [4.69, 9.17) is 15.2 Å². The van der Waals surface area contributed by atoms with Crippen LogP contribution >= 0.6 is 0 Å². The van der Waals surface area contributed by atoms with Crippen LogP contribution in [0.25, 0.3) is 11.1 Å². The Kier molecular flexibility index (Phi) is 7.77. The average Bonchev–Trinajstić information content (AvgIpc) is 2.93. The summed E-state index contributed by atoms with van der Waals surface area (Å²) >= 11 is 0. The molecule has 6 heteroatoms. The van der Waals surface area contributed by atoms with E-state index in [-0.39, 0.29) is 6.42 Å². The fourth-order valence-electron chi connectivity index (χ4n) is 5.64. The molecular weight excluding hydrogens is 464 g/mol. The first-order chi connectivity index (χ1) is 18.0. The van der Waals surface area contributed by atoms with Gasteiger partial charge in [0, 0.05) is 44.1 Å². The van der Waals surface area contributed by atoms with Crippen LogP contribution in [0, 0.1) is 5.41 Å². The summed E-state index contributed by atoms with van der Waals surface area (Å²) in [5.74, 6) is -0.256. The zero-order valence-corrected chi connectivity index (χ0v) is 21.3. The first-order valence-corrected chi connectivity index (χ1v) is 13.2. The van der Waals surface area contributed by atoms with Gasteiger partial charge < -0.3 is 25.2 Å². The molecule has 0 atom stereocenters. The Morgan fingerprint density at radius 3 is 2.43 bits per heavy atom. The minimum Gasteiger partial charge on any atom is -0.489 e. The number of piperidine rings is 1. The number of anilines is 1. The summed E-state index contributed by atoms with van der Waals surface area (Å²) in [6.45, 7) is 4.71. The number of carboxylic acids is 1. The van der Waals surface area contributed by atoms with Gasteiger partial charge in [-0.15, -0.1) is 0 Å². The van der Waals surface area contributed by atoms with Crippen molar-refractivity contribution in [2.75, 3.05) is 31.2 Å². The molecule has 0 aliphatic carbocycles. The van der Waals surface area contributed by atoms with E-state index in [0.717, 1.165) is 48.6 Å². The molecule has 2 fully saturated rings. The van der Waals surface area contributed by atoms with Crippen molar-refractivity contribution >= 4 is 11.7 Å². The van der Waals surface area contributed by atoms with E-state index in [0.29, 0.717) is 29.9 Å². The molecule has 5 rings (SSSR count). The first-order valence-electron chi connectivity index (χ1n) is 13.2. The number of nitrogens with zero attached hydrogens (tertiary/aromatic N) is 1. The van der Waals surface area contributed by atoms with Gasteiger partial charge in [0.25, 0.3) is 0 Å². The minimum atomic E-state index is -0.868. The Morgan fingerprint density at radius 2 is 1.68 bits per heavy atom. The molecule has 3 aromatic carbocycles. The second-order valence-corrected chi connectivity index (χ2v) is 10.4. The number of carboxylic acid groups (broad SMARTS) is 1. The predicted octanol–water partition coefficient (Wildman–Crippen LogP) is 5.42. The Morgan fingerprint density at radius 1 is 0.919 bits per heavy atom. The molecule has 0 amide bonds. The van der Waals surface area contributed by atoms with Gasteiger partial charge in [-0.2, -0.15) is 0 Å². The van der Waals surface area contributed by atoms with Gasteiger partial charge in [0.2, 0.25) is 0 Å². The monoisotopic (exact) mass is 500 g/mol. The Hall–Kier alpha value is -3.35. The van der Waals surface area contributed by atoms with Crippen LogP contribution in [0.5, 0.6) is 5.75 Å². The van der Waals surface area contributed by atoms with Crippen molar-refractivity contribution in [2.24, 2.45) is 11.1 Å². The van der Waals surface area contributed by atoms with Gasteiger partial charge in [0.15, 0.2) is 0 Å². The third-order valence-corrected chi connectivity index (χ3v) is 7.92. The van der Waals surface area contributed by atoms with Crippen molar-refractivity contribution in [1.82, 2.24) is 0 Å². The molecule has 2 aliphatic rings. The average molecular weight is 501 g/mol. The number of carbonyl (C=O) groups is 1. The van der Waals surface area contributed by atoms with E-state index in [1.54, 1.807) is 0 Å². The maximum atomic E-state index is 11.3. The van der Waals surface area contributed by atoms with E-state index in [1.165, 1.54) is 31.4 Å². The molecule has 2 aliphatic heterocycles. The fraction of sp³-hybridized carbons (Fsp3) is 0.387. The van der Waals surface area contributed by atoms with Crippen LogP contribution in [0.2, 0.25) is 0 Å². The minimum absolute atomic E-state index is 0.0616. The number of ether oxygens (including phenoxy) is 2. The second-order valence-electron chi connectivity index (χ2n) is 10.4. The number of benzene rings is 3. The maximum absolute atomic E-state index is 11.3. The second kappa shape index (κ2) is 11.4. The largest absolute Gasteiger partial charge is 0.489 e. The molecule has 6 nitrogen and oxygen atoms in total. The number of para-hydroxylation sites is 1. The van der Waals surface area contributed by atoms with Crippen LogP contribution in [-0.4, -0.2) is 37.4 Å². The van der Waals surface area contributed by atoms with Gasteiger partial charge >= 0.3 is 5.97 Å². The molecule has 2 heterocycles. The predicted molar refractivity (Wildman–Crippen MR) is 146 cm³/mol. The summed E-state index contributed by atoms with van der Waals surface area (Å²) in [6.07, 6.45) is 4.66. The van der Waals surface area contributed by atoms with Crippen molar-refractivity contribution < 1.29 is 19.4 Å². The quantitative estimate of drug-likeness (QED) is 0.430. The van der Waals surface area contributed by atoms with Gasteiger partial charge in [-0.05, 0) is 83.7 Å². The molecule has 0 saturated carbocycles. The highest BCUT2D eigenvalue weighted by molar-refractivity contribution is 5.72. The highest BCUT2D eigenvalue weighted by Crippen LogP contribution is 2.42. The molecule has 1 spiro atoms. The molecule has 37 heavy (non-hydrogen) atoms. The van der Waals surface area contributed by atoms with Crippen LogP contribution in [-0.2, 0) is 29.1 Å². The topological polar surface area (TPSA) is 85.0 Å².